The minimum Gasteiger partial charge on any atom is -0.377 e. The number of hydrogen-bond acceptors (Lipinski definition) is 4. The molecular formula is C14H28N4O. The Morgan fingerprint density at radius 1 is 1.32 bits per heavy atom. The van der Waals surface area contributed by atoms with E-state index in [4.69, 9.17) is 4.74 Å². The fraction of sp³-hybridized carbons (Fsp3) is 0.857. The fourth-order valence-corrected chi connectivity index (χ4v) is 2.38. The summed E-state index contributed by atoms with van der Waals surface area (Å²) in [5.41, 5.74) is 0. The van der Waals surface area contributed by atoms with Gasteiger partial charge in [0.2, 0.25) is 0 Å². The largest absolute Gasteiger partial charge is 0.377 e. The molecule has 1 aromatic heterocycles. The average molecular weight is 268 g/mol. The summed E-state index contributed by atoms with van der Waals surface area (Å²) in [6, 6.07) is 0.628. The van der Waals surface area contributed by atoms with Crippen molar-refractivity contribution in [2.45, 2.75) is 65.6 Å². The van der Waals surface area contributed by atoms with E-state index in [1.54, 1.807) is 6.33 Å². The van der Waals surface area contributed by atoms with E-state index < -0.39 is 0 Å². The van der Waals surface area contributed by atoms with Gasteiger partial charge in [-0.3, -0.25) is 0 Å². The summed E-state index contributed by atoms with van der Waals surface area (Å²) in [6.07, 6.45) is 3.72. The third kappa shape index (κ3) is 4.58. The van der Waals surface area contributed by atoms with E-state index in [-0.39, 0.29) is 12.1 Å². The molecule has 0 spiro atoms. The zero-order chi connectivity index (χ0) is 14.3. The van der Waals surface area contributed by atoms with Crippen LogP contribution in [0.5, 0.6) is 0 Å². The van der Waals surface area contributed by atoms with Crippen molar-refractivity contribution < 1.29 is 4.74 Å². The molecule has 0 radical (unpaired) electrons. The topological polar surface area (TPSA) is 52.0 Å². The minimum absolute atomic E-state index is 0.224. The Balaban J connectivity index is 2.79. The van der Waals surface area contributed by atoms with Crippen LogP contribution in [0.3, 0.4) is 0 Å². The molecule has 1 rings (SSSR count). The molecule has 0 aliphatic heterocycles. The molecule has 5 heteroatoms. The monoisotopic (exact) mass is 268 g/mol. The Morgan fingerprint density at radius 3 is 2.58 bits per heavy atom. The summed E-state index contributed by atoms with van der Waals surface area (Å²) in [7, 11) is 0. The number of nitrogens with zero attached hydrogens (tertiary/aromatic N) is 3. The second-order valence-corrected chi connectivity index (χ2v) is 4.98. The molecule has 0 aliphatic carbocycles. The fourth-order valence-electron chi connectivity index (χ4n) is 2.38. The zero-order valence-corrected chi connectivity index (χ0v) is 12.9. The van der Waals surface area contributed by atoms with Gasteiger partial charge in [-0.25, -0.2) is 9.67 Å². The lowest BCUT2D eigenvalue weighted by Crippen LogP contribution is -2.43. The van der Waals surface area contributed by atoms with Gasteiger partial charge in [-0.2, -0.15) is 5.10 Å². The maximum Gasteiger partial charge on any atom is 0.138 e. The average Bonchev–Trinajstić information content (AvgIpc) is 2.84. The summed E-state index contributed by atoms with van der Waals surface area (Å²) < 4.78 is 7.82. The first-order valence-corrected chi connectivity index (χ1v) is 7.37. The molecule has 1 heterocycles. The van der Waals surface area contributed by atoms with Crippen LogP contribution in [0.2, 0.25) is 0 Å². The third-order valence-corrected chi connectivity index (χ3v) is 3.24. The maximum absolute atomic E-state index is 5.84. The van der Waals surface area contributed by atoms with E-state index in [1.165, 1.54) is 0 Å². The molecule has 5 nitrogen and oxygen atoms in total. The van der Waals surface area contributed by atoms with Gasteiger partial charge in [0.05, 0.1) is 6.10 Å². The van der Waals surface area contributed by atoms with Crippen LogP contribution in [0.1, 0.15) is 52.9 Å². The summed E-state index contributed by atoms with van der Waals surface area (Å²) in [6.45, 7) is 12.3. The lowest BCUT2D eigenvalue weighted by molar-refractivity contribution is 0.0315. The number of nitrogens with one attached hydrogen (secondary N) is 1. The van der Waals surface area contributed by atoms with Gasteiger partial charge in [0, 0.05) is 25.1 Å². The van der Waals surface area contributed by atoms with Crippen LogP contribution in [0, 0.1) is 0 Å². The quantitative estimate of drug-likeness (QED) is 0.746. The van der Waals surface area contributed by atoms with Gasteiger partial charge in [0.25, 0.3) is 0 Å². The van der Waals surface area contributed by atoms with Crippen molar-refractivity contribution in [2.75, 3.05) is 13.2 Å². The highest BCUT2D eigenvalue weighted by Crippen LogP contribution is 2.12. The summed E-state index contributed by atoms with van der Waals surface area (Å²) in [5, 5.41) is 7.81. The Kier molecular flexibility index (Phi) is 7.02. The Morgan fingerprint density at radius 2 is 2.05 bits per heavy atom. The minimum atomic E-state index is 0.224. The van der Waals surface area contributed by atoms with Gasteiger partial charge in [-0.1, -0.05) is 13.8 Å². The van der Waals surface area contributed by atoms with Gasteiger partial charge < -0.3 is 10.1 Å². The SMILES string of the molecule is CCNC(Cc1ncnn1C(C)C)C(CC)OCC. The number of likely N-dealkylation sites (N-methyl/N-ethyl adjacent to an activating group) is 1. The summed E-state index contributed by atoms with van der Waals surface area (Å²) in [5.74, 6) is 1.03. The molecule has 2 unspecified atom stereocenters. The second kappa shape index (κ2) is 8.27. The van der Waals surface area contributed by atoms with Gasteiger partial charge >= 0.3 is 0 Å². The molecule has 0 aliphatic rings. The molecule has 0 saturated heterocycles. The van der Waals surface area contributed by atoms with Crippen LogP contribution in [0.4, 0.5) is 0 Å². The first-order chi connectivity index (χ1) is 9.13. The van der Waals surface area contributed by atoms with Crippen LogP contribution in [-0.2, 0) is 11.2 Å². The normalized spacial score (nSPS) is 14.8. The van der Waals surface area contributed by atoms with Crippen LogP contribution >= 0.6 is 0 Å². The first kappa shape index (κ1) is 16.1. The van der Waals surface area contributed by atoms with E-state index in [1.807, 2.05) is 11.6 Å². The van der Waals surface area contributed by atoms with Crippen molar-refractivity contribution in [3.63, 3.8) is 0 Å². The van der Waals surface area contributed by atoms with Crippen LogP contribution in [0.15, 0.2) is 6.33 Å². The van der Waals surface area contributed by atoms with E-state index in [0.29, 0.717) is 6.04 Å². The number of ether oxygens (including phenoxy) is 1. The highest BCUT2D eigenvalue weighted by Gasteiger charge is 2.22. The smallest absolute Gasteiger partial charge is 0.138 e. The molecule has 19 heavy (non-hydrogen) atoms. The van der Waals surface area contributed by atoms with E-state index in [0.717, 1.165) is 31.8 Å². The molecule has 0 amide bonds. The molecule has 1 aromatic rings. The Hall–Kier alpha value is -0.940. The van der Waals surface area contributed by atoms with Gasteiger partial charge in [0.1, 0.15) is 12.2 Å². The first-order valence-electron chi connectivity index (χ1n) is 7.37. The standard InChI is InChI=1S/C14H28N4O/c1-6-13(19-8-3)12(15-7-2)9-14-16-10-17-18(14)11(4)5/h10-13,15H,6-9H2,1-5H3. The lowest BCUT2D eigenvalue weighted by Gasteiger charge is -2.27. The molecule has 1 N–H and O–H groups in total. The zero-order valence-electron chi connectivity index (χ0n) is 12.9. The van der Waals surface area contributed by atoms with Crippen LogP contribution in [-0.4, -0.2) is 40.1 Å². The number of rotatable bonds is 9. The van der Waals surface area contributed by atoms with Crippen molar-refractivity contribution in [3.05, 3.63) is 12.2 Å². The van der Waals surface area contributed by atoms with Crippen LogP contribution in [0.25, 0.3) is 0 Å². The predicted molar refractivity (Wildman–Crippen MR) is 77.3 cm³/mol. The van der Waals surface area contributed by atoms with Crippen molar-refractivity contribution in [1.29, 1.82) is 0 Å². The predicted octanol–water partition coefficient (Wildman–Crippen LogP) is 2.19. The summed E-state index contributed by atoms with van der Waals surface area (Å²) >= 11 is 0. The molecule has 0 aromatic carbocycles. The highest BCUT2D eigenvalue weighted by molar-refractivity contribution is 4.93. The molecule has 2 atom stereocenters. The van der Waals surface area contributed by atoms with Gasteiger partial charge in [0.15, 0.2) is 0 Å². The lowest BCUT2D eigenvalue weighted by atomic mass is 10.0. The maximum atomic E-state index is 5.84. The van der Waals surface area contributed by atoms with Crippen molar-refractivity contribution in [3.8, 4) is 0 Å². The number of aromatic nitrogens is 3. The molecule has 110 valence electrons. The van der Waals surface area contributed by atoms with E-state index in [2.05, 4.69) is 43.1 Å². The van der Waals surface area contributed by atoms with Gasteiger partial charge in [-0.15, -0.1) is 0 Å². The summed E-state index contributed by atoms with van der Waals surface area (Å²) in [4.78, 5) is 4.39. The van der Waals surface area contributed by atoms with Gasteiger partial charge in [-0.05, 0) is 33.7 Å². The molecular weight excluding hydrogens is 240 g/mol. The Labute approximate surface area is 116 Å². The highest BCUT2D eigenvalue weighted by atomic mass is 16.5. The third-order valence-electron chi connectivity index (χ3n) is 3.24. The Bertz CT molecular complexity index is 351. The molecule has 0 bridgehead atoms. The molecule has 0 saturated carbocycles. The number of hydrogen-bond donors (Lipinski definition) is 1. The van der Waals surface area contributed by atoms with Crippen molar-refractivity contribution >= 4 is 0 Å². The van der Waals surface area contributed by atoms with E-state index >= 15 is 0 Å². The van der Waals surface area contributed by atoms with Crippen molar-refractivity contribution in [2.24, 2.45) is 0 Å². The van der Waals surface area contributed by atoms with Crippen LogP contribution < -0.4 is 5.32 Å². The van der Waals surface area contributed by atoms with Crippen molar-refractivity contribution in [1.82, 2.24) is 20.1 Å². The molecule has 0 fully saturated rings. The van der Waals surface area contributed by atoms with E-state index in [9.17, 15) is 0 Å². The second-order valence-electron chi connectivity index (χ2n) is 4.98.